The summed E-state index contributed by atoms with van der Waals surface area (Å²) in [5.41, 5.74) is 4.02. The van der Waals surface area contributed by atoms with Crippen molar-refractivity contribution in [2.75, 3.05) is 13.1 Å². The molecule has 86 valence electrons. The van der Waals surface area contributed by atoms with Gasteiger partial charge in [0.25, 0.3) is 0 Å². The van der Waals surface area contributed by atoms with Crippen LogP contribution in [0.3, 0.4) is 0 Å². The molecule has 0 unspecified atom stereocenters. The molecule has 1 rings (SSSR count). The largest absolute Gasteiger partial charge is 0.304 e. The molecule has 0 saturated carbocycles. The van der Waals surface area contributed by atoms with Crippen molar-refractivity contribution < 1.29 is 0 Å². The topological polar surface area (TPSA) is 35.8 Å². The molecule has 0 aliphatic rings. The minimum absolute atomic E-state index is 0.0625. The third-order valence-corrected chi connectivity index (χ3v) is 2.89. The van der Waals surface area contributed by atoms with Gasteiger partial charge >= 0.3 is 0 Å². The van der Waals surface area contributed by atoms with Gasteiger partial charge < -0.3 is 5.32 Å². The SMILES string of the molecule is Cc1ccc(C)c(C(C)(C)CNCC#N)c1. The summed E-state index contributed by atoms with van der Waals surface area (Å²) >= 11 is 0. The number of aryl methyl sites for hydroxylation is 2. The molecule has 0 aliphatic carbocycles. The van der Waals surface area contributed by atoms with Crippen LogP contribution in [0.15, 0.2) is 18.2 Å². The summed E-state index contributed by atoms with van der Waals surface area (Å²) in [6.45, 7) is 9.90. The van der Waals surface area contributed by atoms with Crippen molar-refractivity contribution >= 4 is 0 Å². The van der Waals surface area contributed by atoms with Gasteiger partial charge in [0.1, 0.15) is 0 Å². The molecule has 0 aliphatic heterocycles. The highest BCUT2D eigenvalue weighted by molar-refractivity contribution is 5.36. The van der Waals surface area contributed by atoms with Crippen molar-refractivity contribution in [3.8, 4) is 6.07 Å². The molecular formula is C14H20N2. The van der Waals surface area contributed by atoms with Crippen LogP contribution in [0.5, 0.6) is 0 Å². The fourth-order valence-corrected chi connectivity index (χ4v) is 1.99. The number of hydrogen-bond acceptors (Lipinski definition) is 2. The molecule has 16 heavy (non-hydrogen) atoms. The number of hydrogen-bond donors (Lipinski definition) is 1. The Bertz CT molecular complexity index is 400. The molecule has 0 radical (unpaired) electrons. The van der Waals surface area contributed by atoms with E-state index in [4.69, 9.17) is 5.26 Å². The van der Waals surface area contributed by atoms with Gasteiger partial charge in [0, 0.05) is 12.0 Å². The van der Waals surface area contributed by atoms with Gasteiger partial charge in [-0.3, -0.25) is 0 Å². The van der Waals surface area contributed by atoms with E-state index in [0.717, 1.165) is 6.54 Å². The average Bonchev–Trinajstić information content (AvgIpc) is 2.22. The van der Waals surface area contributed by atoms with E-state index in [1.807, 2.05) is 0 Å². The van der Waals surface area contributed by atoms with Crippen LogP contribution in [-0.2, 0) is 5.41 Å². The normalized spacial score (nSPS) is 11.2. The Balaban J connectivity index is 2.88. The fourth-order valence-electron chi connectivity index (χ4n) is 1.99. The third kappa shape index (κ3) is 3.08. The first kappa shape index (κ1) is 12.7. The van der Waals surface area contributed by atoms with Crippen LogP contribution < -0.4 is 5.32 Å². The Morgan fingerprint density at radius 3 is 2.62 bits per heavy atom. The van der Waals surface area contributed by atoms with Crippen molar-refractivity contribution in [1.82, 2.24) is 5.32 Å². The number of nitriles is 1. The molecule has 0 fully saturated rings. The molecule has 0 aromatic heterocycles. The lowest BCUT2D eigenvalue weighted by molar-refractivity contribution is 0.482. The fraction of sp³-hybridized carbons (Fsp3) is 0.500. The second-order valence-corrected chi connectivity index (χ2v) is 4.96. The molecule has 2 nitrogen and oxygen atoms in total. The van der Waals surface area contributed by atoms with E-state index in [-0.39, 0.29) is 5.41 Å². The molecule has 0 amide bonds. The van der Waals surface area contributed by atoms with Crippen LogP contribution in [0.1, 0.15) is 30.5 Å². The van der Waals surface area contributed by atoms with Crippen molar-refractivity contribution in [1.29, 1.82) is 5.26 Å². The summed E-state index contributed by atoms with van der Waals surface area (Å²) in [7, 11) is 0. The molecule has 1 aromatic rings. The molecule has 1 N–H and O–H groups in total. The van der Waals surface area contributed by atoms with Gasteiger partial charge in [-0.1, -0.05) is 37.6 Å². The summed E-state index contributed by atoms with van der Waals surface area (Å²) in [4.78, 5) is 0. The Morgan fingerprint density at radius 1 is 1.31 bits per heavy atom. The van der Waals surface area contributed by atoms with Gasteiger partial charge in [0.2, 0.25) is 0 Å². The maximum Gasteiger partial charge on any atom is 0.0841 e. The smallest absolute Gasteiger partial charge is 0.0841 e. The zero-order valence-electron chi connectivity index (χ0n) is 10.6. The molecule has 0 atom stereocenters. The van der Waals surface area contributed by atoms with Crippen LogP contribution in [0.25, 0.3) is 0 Å². The van der Waals surface area contributed by atoms with E-state index in [2.05, 4.69) is 57.3 Å². The predicted octanol–water partition coefficient (Wildman–Crippen LogP) is 2.69. The van der Waals surface area contributed by atoms with Gasteiger partial charge in [-0.05, 0) is 25.0 Å². The zero-order chi connectivity index (χ0) is 12.2. The maximum atomic E-state index is 8.52. The van der Waals surface area contributed by atoms with Crippen molar-refractivity contribution in [3.63, 3.8) is 0 Å². The van der Waals surface area contributed by atoms with E-state index >= 15 is 0 Å². The maximum absolute atomic E-state index is 8.52. The molecular weight excluding hydrogens is 196 g/mol. The Labute approximate surface area is 98.3 Å². The highest BCUT2D eigenvalue weighted by Crippen LogP contribution is 2.26. The Morgan fingerprint density at radius 2 is 2.00 bits per heavy atom. The van der Waals surface area contributed by atoms with E-state index < -0.39 is 0 Å². The predicted molar refractivity (Wildman–Crippen MR) is 67.4 cm³/mol. The molecule has 0 heterocycles. The summed E-state index contributed by atoms with van der Waals surface area (Å²) in [6, 6.07) is 8.65. The average molecular weight is 216 g/mol. The van der Waals surface area contributed by atoms with Crippen molar-refractivity contribution in [2.24, 2.45) is 0 Å². The van der Waals surface area contributed by atoms with Crippen molar-refractivity contribution in [3.05, 3.63) is 34.9 Å². The highest BCUT2D eigenvalue weighted by atomic mass is 14.9. The number of rotatable bonds is 4. The van der Waals surface area contributed by atoms with Crippen molar-refractivity contribution in [2.45, 2.75) is 33.1 Å². The van der Waals surface area contributed by atoms with E-state index in [0.29, 0.717) is 6.54 Å². The molecule has 1 aromatic carbocycles. The lowest BCUT2D eigenvalue weighted by atomic mass is 9.81. The van der Waals surface area contributed by atoms with Crippen LogP contribution in [0.2, 0.25) is 0 Å². The summed E-state index contributed by atoms with van der Waals surface area (Å²) in [6.07, 6.45) is 0. The summed E-state index contributed by atoms with van der Waals surface area (Å²) in [5.74, 6) is 0. The zero-order valence-corrected chi connectivity index (χ0v) is 10.6. The quantitative estimate of drug-likeness (QED) is 0.620. The van der Waals surface area contributed by atoms with Gasteiger partial charge in [0.15, 0.2) is 0 Å². The van der Waals surface area contributed by atoms with Crippen LogP contribution >= 0.6 is 0 Å². The third-order valence-electron chi connectivity index (χ3n) is 2.89. The highest BCUT2D eigenvalue weighted by Gasteiger charge is 2.21. The van der Waals surface area contributed by atoms with Gasteiger partial charge in [-0.2, -0.15) is 5.26 Å². The second-order valence-electron chi connectivity index (χ2n) is 4.96. The van der Waals surface area contributed by atoms with Gasteiger partial charge in [-0.25, -0.2) is 0 Å². The first-order chi connectivity index (χ1) is 7.47. The standard InChI is InChI=1S/C14H20N2/c1-11-5-6-12(2)13(9-11)14(3,4)10-16-8-7-15/h5-6,9,16H,8,10H2,1-4H3. The summed E-state index contributed by atoms with van der Waals surface area (Å²) < 4.78 is 0. The van der Waals surface area contributed by atoms with E-state index in [1.54, 1.807) is 0 Å². The Hall–Kier alpha value is -1.33. The number of nitrogens with zero attached hydrogens (tertiary/aromatic N) is 1. The Kier molecular flexibility index (Phi) is 4.09. The summed E-state index contributed by atoms with van der Waals surface area (Å²) in [5, 5.41) is 11.7. The van der Waals surface area contributed by atoms with Gasteiger partial charge in [0.05, 0.1) is 12.6 Å². The first-order valence-electron chi connectivity index (χ1n) is 5.63. The molecule has 0 bridgehead atoms. The van der Waals surface area contributed by atoms with Gasteiger partial charge in [-0.15, -0.1) is 0 Å². The van der Waals surface area contributed by atoms with Crippen LogP contribution in [-0.4, -0.2) is 13.1 Å². The lowest BCUT2D eigenvalue weighted by Crippen LogP contribution is -2.33. The molecule has 0 spiro atoms. The van der Waals surface area contributed by atoms with Crippen LogP contribution in [0.4, 0.5) is 0 Å². The minimum Gasteiger partial charge on any atom is -0.304 e. The van der Waals surface area contributed by atoms with E-state index in [9.17, 15) is 0 Å². The lowest BCUT2D eigenvalue weighted by Gasteiger charge is -2.27. The minimum atomic E-state index is 0.0625. The van der Waals surface area contributed by atoms with Crippen LogP contribution in [0, 0.1) is 25.2 Å². The monoisotopic (exact) mass is 216 g/mol. The van der Waals surface area contributed by atoms with E-state index in [1.165, 1.54) is 16.7 Å². The first-order valence-corrected chi connectivity index (χ1v) is 5.63. The number of nitrogens with one attached hydrogen (secondary N) is 1. The molecule has 2 heteroatoms. The number of benzene rings is 1. The second kappa shape index (κ2) is 5.14. The molecule has 0 saturated heterocycles.